The molecule has 0 bridgehead atoms. The summed E-state index contributed by atoms with van der Waals surface area (Å²) in [4.78, 5) is 15.4. The van der Waals surface area contributed by atoms with Crippen molar-refractivity contribution < 1.29 is 9.90 Å². The number of carbonyl (C=O) groups is 1. The van der Waals surface area contributed by atoms with E-state index in [1.165, 1.54) is 4.90 Å². The predicted octanol–water partition coefficient (Wildman–Crippen LogP) is 0.663. The molecule has 20 heavy (non-hydrogen) atoms. The maximum Gasteiger partial charge on any atom is 0.306 e. The Hall–Kier alpha value is -0.790. The molecule has 0 amide bonds. The molecule has 0 aliphatic carbocycles. The minimum Gasteiger partial charge on any atom is -0.481 e. The van der Waals surface area contributed by atoms with Crippen molar-refractivity contribution in [3.05, 3.63) is 0 Å². The van der Waals surface area contributed by atoms with Crippen LogP contribution in [0, 0.1) is 11.3 Å². The smallest absolute Gasteiger partial charge is 0.306 e. The van der Waals surface area contributed by atoms with Gasteiger partial charge in [-0.2, -0.15) is 4.99 Å². The maximum atomic E-state index is 10.5. The number of aliphatic carboxylic acids is 1. The van der Waals surface area contributed by atoms with Gasteiger partial charge in [0.1, 0.15) is 0 Å². The molecule has 0 aromatic rings. The minimum atomic E-state index is -0.635. The van der Waals surface area contributed by atoms with Crippen molar-refractivity contribution in [1.29, 1.82) is 5.41 Å². The first kappa shape index (κ1) is 24.2. The second kappa shape index (κ2) is 14.6. The number of nitrogens with zero attached hydrogens (tertiary/aromatic N) is 2. The van der Waals surface area contributed by atoms with E-state index in [4.69, 9.17) is 22.0 Å². The fourth-order valence-electron chi connectivity index (χ4n) is 1.31. The molecule has 0 aromatic carbocycles. The Labute approximate surface area is 143 Å². The van der Waals surface area contributed by atoms with Gasteiger partial charge >= 0.3 is 5.97 Å². The molecule has 0 saturated carbocycles. The number of carboxylic acid groups (broad SMARTS) is 1. The fourth-order valence-corrected chi connectivity index (χ4v) is 1.31. The number of carboxylic acids is 1. The molecule has 0 heterocycles. The molecule has 6 N–H and O–H groups in total. The zero-order valence-corrected chi connectivity index (χ0v) is 15.3. The number of nitrogens with two attached hydrogens (primary N) is 2. The maximum absolute atomic E-state index is 10.5. The van der Waals surface area contributed by atoms with Crippen LogP contribution < -0.4 is 11.5 Å². The molecule has 0 rings (SSSR count). The van der Waals surface area contributed by atoms with Crippen LogP contribution in [-0.2, 0) is 4.79 Å². The zero-order chi connectivity index (χ0) is 15.4. The van der Waals surface area contributed by atoms with E-state index in [-0.39, 0.29) is 47.4 Å². The van der Waals surface area contributed by atoms with Gasteiger partial charge in [-0.25, -0.2) is 0 Å². The van der Waals surface area contributed by atoms with Crippen LogP contribution in [0.25, 0.3) is 0 Å². The van der Waals surface area contributed by atoms with Crippen molar-refractivity contribution in [2.75, 3.05) is 14.1 Å². The number of aliphatic imine (C=N–C) groups is 1. The van der Waals surface area contributed by atoms with Crippen molar-refractivity contribution in [3.8, 4) is 0 Å². The van der Waals surface area contributed by atoms with Gasteiger partial charge in [-0.05, 0) is 12.8 Å². The molecule has 0 fully saturated rings. The Morgan fingerprint density at radius 1 is 1.25 bits per heavy atom. The number of hydrogen-bond donors (Lipinski definition) is 4. The molecule has 0 aliphatic heterocycles. The van der Waals surface area contributed by atoms with E-state index in [0.717, 1.165) is 25.7 Å². The summed E-state index contributed by atoms with van der Waals surface area (Å²) in [5, 5.41) is 15.7. The summed E-state index contributed by atoms with van der Waals surface area (Å²) in [7, 11) is 3.38. The minimum absolute atomic E-state index is 0. The third kappa shape index (κ3) is 15.3. The summed E-state index contributed by atoms with van der Waals surface area (Å²) in [6.07, 6.45) is 3.58. The van der Waals surface area contributed by atoms with Crippen LogP contribution in [0.4, 0.5) is 0 Å². The van der Waals surface area contributed by atoms with Gasteiger partial charge in [-0.3, -0.25) is 10.2 Å². The number of nitrogens with one attached hydrogen (secondary N) is 1. The van der Waals surface area contributed by atoms with Gasteiger partial charge in [0.2, 0.25) is 5.96 Å². The number of rotatable bonds is 5. The molecule has 8 heteroatoms. The van der Waals surface area contributed by atoms with Crippen LogP contribution in [0.1, 0.15) is 39.5 Å². The largest absolute Gasteiger partial charge is 0.481 e. The first-order valence-corrected chi connectivity index (χ1v) is 6.34. The second-order valence-corrected chi connectivity index (χ2v) is 4.37. The van der Waals surface area contributed by atoms with E-state index in [0.29, 0.717) is 0 Å². The topological polar surface area (TPSA) is 129 Å². The molecule has 0 aromatic heterocycles. The summed E-state index contributed by atoms with van der Waals surface area (Å²) >= 11 is 0. The quantitative estimate of drug-likeness (QED) is 0.336. The Morgan fingerprint density at radius 3 is 1.80 bits per heavy atom. The molecule has 113 valence electrons. The average Bonchev–Trinajstić information content (AvgIpc) is 2.28. The third-order valence-electron chi connectivity index (χ3n) is 2.28. The zero-order valence-electron chi connectivity index (χ0n) is 13.3. The van der Waals surface area contributed by atoms with E-state index in [2.05, 4.69) is 4.99 Å². The van der Waals surface area contributed by atoms with Gasteiger partial charge in [0, 0.05) is 43.7 Å². The van der Waals surface area contributed by atoms with Crippen molar-refractivity contribution in [2.45, 2.75) is 39.5 Å². The monoisotopic (exact) mass is 296 g/mol. The molecular formula is C12H27N5NaO2. The second-order valence-electron chi connectivity index (χ2n) is 4.37. The summed E-state index contributed by atoms with van der Waals surface area (Å²) in [5.74, 6) is -0.776. The van der Waals surface area contributed by atoms with Crippen molar-refractivity contribution in [2.24, 2.45) is 22.4 Å². The molecule has 1 radical (unpaired) electrons. The van der Waals surface area contributed by atoms with E-state index in [1.54, 1.807) is 14.1 Å². The Balaban J connectivity index is -0.000000277. The third-order valence-corrected chi connectivity index (χ3v) is 2.28. The fraction of sp³-hybridized carbons (Fsp3) is 0.750. The van der Waals surface area contributed by atoms with Gasteiger partial charge in [0.15, 0.2) is 5.96 Å². The molecule has 0 unspecified atom stereocenters. The summed E-state index contributed by atoms with van der Waals surface area (Å²) in [6, 6.07) is 0. The summed E-state index contributed by atoms with van der Waals surface area (Å²) in [5.41, 5.74) is 9.98. The Bertz CT molecular complexity index is 298. The molecular weight excluding hydrogens is 269 g/mol. The number of hydrogen-bond acceptors (Lipinski definition) is 2. The van der Waals surface area contributed by atoms with Crippen molar-refractivity contribution in [1.82, 2.24) is 4.90 Å². The van der Waals surface area contributed by atoms with Gasteiger partial charge < -0.3 is 21.5 Å². The van der Waals surface area contributed by atoms with Gasteiger partial charge in [0.25, 0.3) is 0 Å². The molecule has 0 saturated heterocycles. The van der Waals surface area contributed by atoms with Gasteiger partial charge in [0.05, 0.1) is 5.92 Å². The molecule has 7 nitrogen and oxygen atoms in total. The molecule has 0 atom stereocenters. The van der Waals surface area contributed by atoms with E-state index in [9.17, 15) is 4.79 Å². The standard InChI is InChI=1S/C8H16O2.C4H11N5.Na/c1-3-5-7(6-4-2)8(9)10;1-9(2)4(7)8-3(5)6;/h7H,3-6H2,1-2H3,(H,9,10);1-2H3,(H5,5,6,7,8);. The summed E-state index contributed by atoms with van der Waals surface area (Å²) in [6.45, 7) is 4.04. The van der Waals surface area contributed by atoms with E-state index < -0.39 is 5.97 Å². The summed E-state index contributed by atoms with van der Waals surface area (Å²) < 4.78 is 0. The SMILES string of the molecule is CCCC(CCC)C(=O)O.CN(C)C(=N)N=C(N)N.[Na]. The van der Waals surface area contributed by atoms with Crippen LogP contribution in [0.3, 0.4) is 0 Å². The van der Waals surface area contributed by atoms with Crippen molar-refractivity contribution in [3.63, 3.8) is 0 Å². The van der Waals surface area contributed by atoms with Gasteiger partial charge in [-0.1, -0.05) is 26.7 Å². The average molecular weight is 296 g/mol. The first-order valence-electron chi connectivity index (χ1n) is 6.34. The van der Waals surface area contributed by atoms with E-state index in [1.807, 2.05) is 13.8 Å². The van der Waals surface area contributed by atoms with Crippen LogP contribution >= 0.6 is 0 Å². The number of guanidine groups is 2. The van der Waals surface area contributed by atoms with E-state index >= 15 is 0 Å². The van der Waals surface area contributed by atoms with Crippen molar-refractivity contribution >= 4 is 47.4 Å². The van der Waals surface area contributed by atoms with Crippen LogP contribution in [-0.4, -0.2) is 71.5 Å². The van der Waals surface area contributed by atoms with Gasteiger partial charge in [-0.15, -0.1) is 0 Å². The molecule has 0 aliphatic rings. The normalized spacial score (nSPS) is 8.85. The Morgan fingerprint density at radius 2 is 1.65 bits per heavy atom. The molecule has 0 spiro atoms. The van der Waals surface area contributed by atoms with Crippen LogP contribution in [0.2, 0.25) is 0 Å². The predicted molar refractivity (Wildman–Crippen MR) is 83.9 cm³/mol. The van der Waals surface area contributed by atoms with Crippen LogP contribution in [0.5, 0.6) is 0 Å². The first-order chi connectivity index (χ1) is 8.76. The Kier molecular flexibility index (Phi) is 17.7. The van der Waals surface area contributed by atoms with Crippen LogP contribution in [0.15, 0.2) is 4.99 Å².